The SMILES string of the molecule is CC(=N)NC/C(F)=C\CC[C@@](C)(N)C(=O)O. The van der Waals surface area contributed by atoms with Crippen molar-refractivity contribution in [3.8, 4) is 0 Å². The van der Waals surface area contributed by atoms with Gasteiger partial charge in [0.1, 0.15) is 11.4 Å². The minimum absolute atomic E-state index is 0.0519. The number of nitrogens with one attached hydrogen (secondary N) is 2. The zero-order valence-electron chi connectivity index (χ0n) is 9.51. The third-order valence-electron chi connectivity index (χ3n) is 2.04. The minimum atomic E-state index is -1.33. The molecule has 5 nitrogen and oxygen atoms in total. The van der Waals surface area contributed by atoms with Gasteiger partial charge < -0.3 is 16.2 Å². The van der Waals surface area contributed by atoms with Crippen molar-refractivity contribution >= 4 is 11.8 Å². The Labute approximate surface area is 94.0 Å². The van der Waals surface area contributed by atoms with Crippen molar-refractivity contribution in [3.05, 3.63) is 11.9 Å². The third-order valence-corrected chi connectivity index (χ3v) is 2.04. The van der Waals surface area contributed by atoms with E-state index in [1.165, 1.54) is 19.9 Å². The first-order valence-corrected chi connectivity index (χ1v) is 4.91. The molecular formula is C10H18FN3O2. The molecule has 0 aliphatic heterocycles. The van der Waals surface area contributed by atoms with Crippen LogP contribution in [0.3, 0.4) is 0 Å². The van der Waals surface area contributed by atoms with Crippen molar-refractivity contribution in [1.82, 2.24) is 5.32 Å². The van der Waals surface area contributed by atoms with Gasteiger partial charge in [0.05, 0.1) is 12.4 Å². The molecule has 0 spiro atoms. The first-order valence-electron chi connectivity index (χ1n) is 4.91. The summed E-state index contributed by atoms with van der Waals surface area (Å²) in [6.45, 7) is 2.85. The second-order valence-corrected chi connectivity index (χ2v) is 3.89. The highest BCUT2D eigenvalue weighted by Crippen LogP contribution is 2.11. The molecule has 1 atom stereocenters. The van der Waals surface area contributed by atoms with Crippen LogP contribution in [0.2, 0.25) is 0 Å². The molecular weight excluding hydrogens is 213 g/mol. The fourth-order valence-corrected chi connectivity index (χ4v) is 0.925. The number of hydrogen-bond donors (Lipinski definition) is 4. The Morgan fingerprint density at radius 2 is 2.25 bits per heavy atom. The molecule has 16 heavy (non-hydrogen) atoms. The normalized spacial score (nSPS) is 15.4. The van der Waals surface area contributed by atoms with Gasteiger partial charge in [0, 0.05) is 0 Å². The van der Waals surface area contributed by atoms with Gasteiger partial charge in [-0.05, 0) is 26.7 Å². The Balaban J connectivity index is 4.00. The van der Waals surface area contributed by atoms with E-state index in [2.05, 4.69) is 5.32 Å². The summed E-state index contributed by atoms with van der Waals surface area (Å²) in [6.07, 6.45) is 1.70. The first kappa shape index (κ1) is 14.6. The van der Waals surface area contributed by atoms with Gasteiger partial charge in [0.2, 0.25) is 0 Å². The van der Waals surface area contributed by atoms with E-state index in [1.807, 2.05) is 0 Å². The van der Waals surface area contributed by atoms with Crippen molar-refractivity contribution < 1.29 is 14.3 Å². The summed E-state index contributed by atoms with van der Waals surface area (Å²) < 4.78 is 13.1. The number of hydrogen-bond acceptors (Lipinski definition) is 3. The highest BCUT2D eigenvalue weighted by atomic mass is 19.1. The lowest BCUT2D eigenvalue weighted by molar-refractivity contribution is -0.142. The monoisotopic (exact) mass is 231 g/mol. The Morgan fingerprint density at radius 3 is 2.69 bits per heavy atom. The molecule has 0 radical (unpaired) electrons. The van der Waals surface area contributed by atoms with Gasteiger partial charge in [-0.15, -0.1) is 0 Å². The molecule has 0 aromatic carbocycles. The van der Waals surface area contributed by atoms with Crippen LogP contribution in [-0.2, 0) is 4.79 Å². The summed E-state index contributed by atoms with van der Waals surface area (Å²) in [6, 6.07) is 0. The van der Waals surface area contributed by atoms with Gasteiger partial charge >= 0.3 is 5.97 Å². The lowest BCUT2D eigenvalue weighted by atomic mass is 9.97. The number of carbonyl (C=O) groups is 1. The second kappa shape index (κ2) is 6.22. The van der Waals surface area contributed by atoms with Crippen LogP contribution in [0.5, 0.6) is 0 Å². The summed E-state index contributed by atoms with van der Waals surface area (Å²) in [5.74, 6) is -1.35. The van der Waals surface area contributed by atoms with Crippen LogP contribution in [0.4, 0.5) is 4.39 Å². The van der Waals surface area contributed by atoms with E-state index in [4.69, 9.17) is 16.2 Å². The Morgan fingerprint density at radius 1 is 1.69 bits per heavy atom. The average molecular weight is 231 g/mol. The molecule has 0 fully saturated rings. The van der Waals surface area contributed by atoms with E-state index in [-0.39, 0.29) is 25.2 Å². The van der Waals surface area contributed by atoms with E-state index in [1.54, 1.807) is 0 Å². The molecule has 0 unspecified atom stereocenters. The maximum atomic E-state index is 13.1. The second-order valence-electron chi connectivity index (χ2n) is 3.89. The van der Waals surface area contributed by atoms with Crippen LogP contribution in [0.1, 0.15) is 26.7 Å². The van der Waals surface area contributed by atoms with Crippen LogP contribution in [-0.4, -0.2) is 29.0 Å². The molecule has 0 heterocycles. The topological polar surface area (TPSA) is 99.2 Å². The smallest absolute Gasteiger partial charge is 0.323 e. The fraction of sp³-hybridized carbons (Fsp3) is 0.600. The molecule has 0 aromatic heterocycles. The third kappa shape index (κ3) is 6.13. The number of rotatable bonds is 6. The average Bonchev–Trinajstić information content (AvgIpc) is 2.14. The van der Waals surface area contributed by atoms with Crippen LogP contribution < -0.4 is 11.1 Å². The number of amidine groups is 1. The minimum Gasteiger partial charge on any atom is -0.480 e. The van der Waals surface area contributed by atoms with Gasteiger partial charge in [0.25, 0.3) is 0 Å². The largest absolute Gasteiger partial charge is 0.480 e. The van der Waals surface area contributed by atoms with Gasteiger partial charge in [-0.3, -0.25) is 10.2 Å². The molecule has 0 aliphatic rings. The number of carboxylic acid groups (broad SMARTS) is 1. The maximum absolute atomic E-state index is 13.1. The zero-order chi connectivity index (χ0) is 12.8. The van der Waals surface area contributed by atoms with Crippen molar-refractivity contribution in [2.75, 3.05) is 6.54 Å². The number of halogens is 1. The molecule has 0 saturated heterocycles. The van der Waals surface area contributed by atoms with Crippen molar-refractivity contribution in [1.29, 1.82) is 5.41 Å². The van der Waals surface area contributed by atoms with E-state index < -0.39 is 17.3 Å². The number of nitrogens with two attached hydrogens (primary N) is 1. The molecule has 0 aliphatic carbocycles. The molecule has 0 rings (SSSR count). The first-order chi connectivity index (χ1) is 7.25. The Bertz CT molecular complexity index is 300. The lowest BCUT2D eigenvalue weighted by Crippen LogP contribution is -2.44. The highest BCUT2D eigenvalue weighted by molar-refractivity contribution is 5.77. The quantitative estimate of drug-likeness (QED) is 0.405. The predicted octanol–water partition coefficient (Wildman–Crippen LogP) is 1.01. The van der Waals surface area contributed by atoms with Crippen molar-refractivity contribution in [2.45, 2.75) is 32.2 Å². The Hall–Kier alpha value is -1.43. The number of carboxylic acids is 1. The highest BCUT2D eigenvalue weighted by Gasteiger charge is 2.26. The van der Waals surface area contributed by atoms with Gasteiger partial charge in [0.15, 0.2) is 0 Å². The van der Waals surface area contributed by atoms with Crippen LogP contribution in [0, 0.1) is 5.41 Å². The van der Waals surface area contributed by atoms with Gasteiger partial charge in [-0.25, -0.2) is 4.39 Å². The molecule has 0 saturated carbocycles. The molecule has 6 heteroatoms. The van der Waals surface area contributed by atoms with E-state index in [0.29, 0.717) is 0 Å². The van der Waals surface area contributed by atoms with Crippen LogP contribution >= 0.6 is 0 Å². The molecule has 0 amide bonds. The van der Waals surface area contributed by atoms with Gasteiger partial charge in [-0.1, -0.05) is 6.08 Å². The molecule has 92 valence electrons. The van der Waals surface area contributed by atoms with Crippen molar-refractivity contribution in [3.63, 3.8) is 0 Å². The van der Waals surface area contributed by atoms with E-state index in [9.17, 15) is 9.18 Å². The fourth-order valence-electron chi connectivity index (χ4n) is 0.925. The number of allylic oxidation sites excluding steroid dienone is 1. The summed E-state index contributed by atoms with van der Waals surface area (Å²) >= 11 is 0. The summed E-state index contributed by atoms with van der Waals surface area (Å²) in [4.78, 5) is 10.6. The standard InChI is InChI=1S/C10H18FN3O2/c1-7(12)14-6-8(11)4-3-5-10(2,13)9(15)16/h4H,3,5-6,13H2,1-2H3,(H2,12,14)(H,15,16)/b8-4+/t10-/m1/s1. The lowest BCUT2D eigenvalue weighted by Gasteiger charge is -2.17. The van der Waals surface area contributed by atoms with Gasteiger partial charge in [-0.2, -0.15) is 0 Å². The summed E-state index contributed by atoms with van der Waals surface area (Å²) in [5, 5.41) is 18.2. The van der Waals surface area contributed by atoms with Crippen LogP contribution in [0.25, 0.3) is 0 Å². The maximum Gasteiger partial charge on any atom is 0.323 e. The van der Waals surface area contributed by atoms with Crippen LogP contribution in [0.15, 0.2) is 11.9 Å². The molecule has 0 bridgehead atoms. The molecule has 5 N–H and O–H groups in total. The molecule has 0 aromatic rings. The number of aliphatic carboxylic acids is 1. The Kier molecular flexibility index (Phi) is 5.66. The predicted molar refractivity (Wildman–Crippen MR) is 60.1 cm³/mol. The van der Waals surface area contributed by atoms with E-state index in [0.717, 1.165) is 0 Å². The summed E-state index contributed by atoms with van der Waals surface area (Å²) in [7, 11) is 0. The van der Waals surface area contributed by atoms with E-state index >= 15 is 0 Å². The van der Waals surface area contributed by atoms with Crippen molar-refractivity contribution in [2.24, 2.45) is 5.73 Å². The zero-order valence-corrected chi connectivity index (χ0v) is 9.51. The summed E-state index contributed by atoms with van der Waals surface area (Å²) in [5.41, 5.74) is 4.14.